The van der Waals surface area contributed by atoms with Gasteiger partial charge in [-0.1, -0.05) is 12.2 Å². The SMILES string of the molecule is S=CS.[Pt]. The van der Waals surface area contributed by atoms with Gasteiger partial charge in [-0.2, -0.15) is 0 Å². The molecule has 28 valence electrons. The Morgan fingerprint density at radius 2 is 1.75 bits per heavy atom. The summed E-state index contributed by atoms with van der Waals surface area (Å²) >= 11 is 7.61. The van der Waals surface area contributed by atoms with Crippen molar-refractivity contribution in [3.05, 3.63) is 0 Å². The standard InChI is InChI=1S/CH2S2.Pt/c2-1-3;/h1H,(H,2,3);. The molecule has 0 saturated heterocycles. The van der Waals surface area contributed by atoms with Gasteiger partial charge in [0, 0.05) is 25.8 Å². The molecule has 0 aliphatic carbocycles. The van der Waals surface area contributed by atoms with Gasteiger partial charge in [0.15, 0.2) is 0 Å². The van der Waals surface area contributed by atoms with Crippen molar-refractivity contribution in [2.24, 2.45) is 0 Å². The van der Waals surface area contributed by atoms with Gasteiger partial charge in [0.2, 0.25) is 0 Å². The first kappa shape index (κ1) is 8.93. The maximum absolute atomic E-state index is 4.13. The minimum Gasteiger partial charge on any atom is -0.140 e. The van der Waals surface area contributed by atoms with Crippen molar-refractivity contribution >= 4 is 29.5 Å². The third kappa shape index (κ3) is 11.1. The number of hydrogen-bond acceptors (Lipinski definition) is 1. The normalized spacial score (nSPS) is 3.25. The maximum Gasteiger partial charge on any atom is 0.0310 e. The molecule has 0 heterocycles. The summed E-state index contributed by atoms with van der Waals surface area (Å²) in [6.45, 7) is 0. The maximum atomic E-state index is 4.13. The summed E-state index contributed by atoms with van der Waals surface area (Å²) < 4.78 is 1.28. The fourth-order valence-electron chi connectivity index (χ4n) is 0. The second kappa shape index (κ2) is 8.92. The van der Waals surface area contributed by atoms with E-state index in [1.165, 1.54) is 4.70 Å². The fraction of sp³-hybridized carbons (Fsp3) is 0. The summed E-state index contributed by atoms with van der Waals surface area (Å²) in [5.41, 5.74) is 0. The molecule has 0 fully saturated rings. The van der Waals surface area contributed by atoms with Gasteiger partial charge in [0.05, 0.1) is 0 Å². The van der Waals surface area contributed by atoms with Crippen LogP contribution in [0.25, 0.3) is 0 Å². The second-order valence-corrected chi connectivity index (χ2v) is 0.949. The first-order chi connectivity index (χ1) is 1.41. The van der Waals surface area contributed by atoms with Crippen molar-refractivity contribution in [1.29, 1.82) is 0 Å². The molecule has 0 bridgehead atoms. The van der Waals surface area contributed by atoms with Crippen molar-refractivity contribution in [1.82, 2.24) is 0 Å². The van der Waals surface area contributed by atoms with Gasteiger partial charge in [-0.25, -0.2) is 0 Å². The van der Waals surface area contributed by atoms with Crippen molar-refractivity contribution in [3.63, 3.8) is 0 Å². The Kier molecular flexibility index (Phi) is 19.9. The third-order valence-electron chi connectivity index (χ3n) is 0. The van der Waals surface area contributed by atoms with E-state index in [0.717, 1.165) is 0 Å². The van der Waals surface area contributed by atoms with Crippen LogP contribution in [0.1, 0.15) is 0 Å². The van der Waals surface area contributed by atoms with Gasteiger partial charge in [0.1, 0.15) is 0 Å². The molecule has 0 aromatic heterocycles. The van der Waals surface area contributed by atoms with E-state index in [9.17, 15) is 0 Å². The van der Waals surface area contributed by atoms with Gasteiger partial charge in [-0.05, 0) is 0 Å². The molecule has 0 aliphatic rings. The zero-order chi connectivity index (χ0) is 2.71. The van der Waals surface area contributed by atoms with E-state index in [-0.39, 0.29) is 21.1 Å². The van der Waals surface area contributed by atoms with Crippen LogP contribution < -0.4 is 0 Å². The van der Waals surface area contributed by atoms with E-state index < -0.39 is 0 Å². The van der Waals surface area contributed by atoms with Crippen LogP contribution in [0.4, 0.5) is 0 Å². The predicted molar refractivity (Wildman–Crippen MR) is 22.6 cm³/mol. The summed E-state index contributed by atoms with van der Waals surface area (Å²) in [7, 11) is 0. The topological polar surface area (TPSA) is 0 Å². The van der Waals surface area contributed by atoms with Crippen molar-refractivity contribution in [2.45, 2.75) is 0 Å². The summed E-state index contributed by atoms with van der Waals surface area (Å²) in [6.07, 6.45) is 0. The third-order valence-corrected chi connectivity index (χ3v) is 0. The Balaban J connectivity index is 0. The monoisotopic (exact) mass is 273 g/mol. The van der Waals surface area contributed by atoms with Crippen molar-refractivity contribution in [3.8, 4) is 0 Å². The van der Waals surface area contributed by atoms with Crippen LogP contribution in [0.15, 0.2) is 0 Å². The summed E-state index contributed by atoms with van der Waals surface area (Å²) in [6, 6.07) is 0. The molecular weight excluding hydrogens is 271 g/mol. The Morgan fingerprint density at radius 1 is 1.75 bits per heavy atom. The molecule has 0 aliphatic heterocycles. The summed E-state index contributed by atoms with van der Waals surface area (Å²) in [5, 5.41) is 0. The molecule has 0 radical (unpaired) electrons. The quantitative estimate of drug-likeness (QED) is 0.505. The predicted octanol–water partition coefficient (Wildman–Crippen LogP) is 0.871. The number of rotatable bonds is 0. The molecular formula is CH2PtS2. The van der Waals surface area contributed by atoms with Crippen molar-refractivity contribution < 1.29 is 21.1 Å². The molecule has 0 saturated carbocycles. The molecule has 0 N–H and O–H groups in total. The largest absolute Gasteiger partial charge is 0.140 e. The first-order valence-corrected chi connectivity index (χ1v) is 1.48. The molecule has 0 aromatic rings. The van der Waals surface area contributed by atoms with E-state index >= 15 is 0 Å². The van der Waals surface area contributed by atoms with Crippen LogP contribution in [0.2, 0.25) is 0 Å². The van der Waals surface area contributed by atoms with E-state index in [1.807, 2.05) is 0 Å². The molecule has 0 atom stereocenters. The van der Waals surface area contributed by atoms with Crippen LogP contribution in [0.5, 0.6) is 0 Å². The van der Waals surface area contributed by atoms with Gasteiger partial charge < -0.3 is 0 Å². The molecule has 3 heteroatoms. The van der Waals surface area contributed by atoms with E-state index in [2.05, 4.69) is 24.8 Å². The number of hydrogen-bond donors (Lipinski definition) is 1. The fourth-order valence-corrected chi connectivity index (χ4v) is 0. The van der Waals surface area contributed by atoms with Crippen LogP contribution in [-0.4, -0.2) is 4.70 Å². The average Bonchev–Trinajstić information content (AvgIpc) is 0.918. The molecule has 4 heavy (non-hydrogen) atoms. The zero-order valence-electron chi connectivity index (χ0n) is 1.75. The van der Waals surface area contributed by atoms with Crippen LogP contribution in [-0.2, 0) is 21.1 Å². The average molecular weight is 273 g/mol. The van der Waals surface area contributed by atoms with E-state index in [4.69, 9.17) is 0 Å². The van der Waals surface area contributed by atoms with Gasteiger partial charge in [-0.15, -0.1) is 12.6 Å². The Bertz CT molecular complexity index is 13.5. The first-order valence-electron chi connectivity index (χ1n) is 0.494. The summed E-state index contributed by atoms with van der Waals surface area (Å²) in [5.74, 6) is 0. The number of thiocarbonyl (C=S) groups is 1. The molecule has 0 aromatic carbocycles. The Labute approximate surface area is 50.6 Å². The smallest absolute Gasteiger partial charge is 0.0310 e. The van der Waals surface area contributed by atoms with E-state index in [0.29, 0.717) is 0 Å². The van der Waals surface area contributed by atoms with Crippen molar-refractivity contribution in [2.75, 3.05) is 0 Å². The minimum absolute atomic E-state index is 0. The minimum atomic E-state index is 0. The van der Waals surface area contributed by atoms with Crippen LogP contribution >= 0.6 is 24.8 Å². The Morgan fingerprint density at radius 3 is 1.75 bits per heavy atom. The van der Waals surface area contributed by atoms with Gasteiger partial charge in [0.25, 0.3) is 0 Å². The molecule has 0 rings (SSSR count). The van der Waals surface area contributed by atoms with Crippen LogP contribution in [0.3, 0.4) is 0 Å². The van der Waals surface area contributed by atoms with E-state index in [1.54, 1.807) is 0 Å². The molecule has 0 spiro atoms. The molecule has 0 amide bonds. The van der Waals surface area contributed by atoms with Gasteiger partial charge >= 0.3 is 0 Å². The Hall–Kier alpha value is 1.13. The summed E-state index contributed by atoms with van der Waals surface area (Å²) in [4.78, 5) is 0. The van der Waals surface area contributed by atoms with Gasteiger partial charge in [-0.3, -0.25) is 0 Å². The zero-order valence-corrected chi connectivity index (χ0v) is 5.73. The van der Waals surface area contributed by atoms with Crippen LogP contribution in [0, 0.1) is 0 Å². The second-order valence-electron chi connectivity index (χ2n) is 0.105. The molecule has 0 nitrogen and oxygen atoms in total. The number of thiol groups is 1. The molecule has 0 unspecified atom stereocenters.